The molecule has 0 aromatic carbocycles. The van der Waals surface area contributed by atoms with Gasteiger partial charge in [0.1, 0.15) is 0 Å². The fraction of sp³-hybridized carbons (Fsp3) is 0.833. The van der Waals surface area contributed by atoms with Gasteiger partial charge in [0, 0.05) is 6.42 Å². The maximum atomic E-state index is 11.3. The Kier molecular flexibility index (Phi) is 8.58. The van der Waals surface area contributed by atoms with Gasteiger partial charge in [0.05, 0.1) is 19.6 Å². The molecule has 0 radical (unpaired) electrons. The standard InChI is InChI=1S/C12H22O4/c1-4-6-9-16-11(13)8-7-10(5-2)12(14)15-3/h10H,4-9H2,1-3H3. The Labute approximate surface area is 97.3 Å². The molecule has 0 spiro atoms. The molecule has 0 saturated carbocycles. The Hall–Kier alpha value is -1.06. The van der Waals surface area contributed by atoms with E-state index in [0.717, 1.165) is 12.8 Å². The van der Waals surface area contributed by atoms with E-state index in [0.29, 0.717) is 19.4 Å². The van der Waals surface area contributed by atoms with Gasteiger partial charge in [0.15, 0.2) is 0 Å². The van der Waals surface area contributed by atoms with Crippen molar-refractivity contribution in [2.24, 2.45) is 5.92 Å². The van der Waals surface area contributed by atoms with Gasteiger partial charge in [0.2, 0.25) is 0 Å². The van der Waals surface area contributed by atoms with E-state index < -0.39 is 0 Å². The number of hydrogen-bond donors (Lipinski definition) is 0. The fourth-order valence-corrected chi connectivity index (χ4v) is 1.35. The summed E-state index contributed by atoms with van der Waals surface area (Å²) in [5, 5.41) is 0. The van der Waals surface area contributed by atoms with Crippen molar-refractivity contribution in [2.45, 2.75) is 46.0 Å². The number of ether oxygens (including phenoxy) is 2. The average Bonchev–Trinajstić information content (AvgIpc) is 2.29. The third kappa shape index (κ3) is 6.43. The van der Waals surface area contributed by atoms with E-state index in [1.54, 1.807) is 0 Å². The van der Waals surface area contributed by atoms with Crippen molar-refractivity contribution in [3.05, 3.63) is 0 Å². The number of carbonyl (C=O) groups is 2. The minimum atomic E-state index is -0.246. The van der Waals surface area contributed by atoms with Gasteiger partial charge in [-0.15, -0.1) is 0 Å². The molecule has 94 valence electrons. The summed E-state index contributed by atoms with van der Waals surface area (Å²) in [7, 11) is 1.37. The molecular weight excluding hydrogens is 208 g/mol. The Balaban J connectivity index is 3.75. The molecule has 16 heavy (non-hydrogen) atoms. The minimum absolute atomic E-state index is 0.191. The van der Waals surface area contributed by atoms with Gasteiger partial charge in [-0.3, -0.25) is 9.59 Å². The topological polar surface area (TPSA) is 52.6 Å². The first-order valence-corrected chi connectivity index (χ1v) is 5.89. The summed E-state index contributed by atoms with van der Waals surface area (Å²) in [5.41, 5.74) is 0. The molecule has 0 aliphatic rings. The smallest absolute Gasteiger partial charge is 0.308 e. The summed E-state index contributed by atoms with van der Waals surface area (Å²) in [6.45, 7) is 4.42. The van der Waals surface area contributed by atoms with Crippen LogP contribution in [0.15, 0.2) is 0 Å². The van der Waals surface area contributed by atoms with E-state index in [4.69, 9.17) is 4.74 Å². The van der Waals surface area contributed by atoms with Gasteiger partial charge < -0.3 is 9.47 Å². The van der Waals surface area contributed by atoms with Crippen molar-refractivity contribution in [3.8, 4) is 0 Å². The van der Waals surface area contributed by atoms with E-state index in [2.05, 4.69) is 4.74 Å². The van der Waals surface area contributed by atoms with Gasteiger partial charge in [-0.1, -0.05) is 20.3 Å². The maximum absolute atomic E-state index is 11.3. The first-order chi connectivity index (χ1) is 7.65. The normalized spacial score (nSPS) is 11.9. The Bertz CT molecular complexity index is 213. The van der Waals surface area contributed by atoms with Gasteiger partial charge in [0.25, 0.3) is 0 Å². The van der Waals surface area contributed by atoms with Crippen molar-refractivity contribution in [2.75, 3.05) is 13.7 Å². The highest BCUT2D eigenvalue weighted by atomic mass is 16.5. The van der Waals surface area contributed by atoms with Crippen molar-refractivity contribution < 1.29 is 19.1 Å². The van der Waals surface area contributed by atoms with E-state index in [9.17, 15) is 9.59 Å². The highest BCUT2D eigenvalue weighted by Crippen LogP contribution is 2.13. The minimum Gasteiger partial charge on any atom is -0.469 e. The van der Waals surface area contributed by atoms with Crippen LogP contribution in [0, 0.1) is 5.92 Å². The quantitative estimate of drug-likeness (QED) is 0.474. The SMILES string of the molecule is CCCCOC(=O)CCC(CC)C(=O)OC. The summed E-state index contributed by atoms with van der Waals surface area (Å²) in [4.78, 5) is 22.5. The van der Waals surface area contributed by atoms with Crippen LogP contribution in [-0.2, 0) is 19.1 Å². The predicted molar refractivity (Wildman–Crippen MR) is 60.9 cm³/mol. The summed E-state index contributed by atoms with van der Waals surface area (Å²) < 4.78 is 9.64. The van der Waals surface area contributed by atoms with Crippen LogP contribution in [0.2, 0.25) is 0 Å². The molecule has 1 unspecified atom stereocenters. The van der Waals surface area contributed by atoms with Crippen molar-refractivity contribution in [3.63, 3.8) is 0 Å². The number of carbonyl (C=O) groups excluding carboxylic acids is 2. The lowest BCUT2D eigenvalue weighted by Crippen LogP contribution is -2.17. The van der Waals surface area contributed by atoms with Crippen LogP contribution < -0.4 is 0 Å². The molecule has 0 bridgehead atoms. The Morgan fingerprint density at radius 1 is 1.25 bits per heavy atom. The number of rotatable bonds is 8. The van der Waals surface area contributed by atoms with Crippen molar-refractivity contribution in [1.29, 1.82) is 0 Å². The molecule has 0 heterocycles. The lowest BCUT2D eigenvalue weighted by atomic mass is 10.0. The molecule has 0 rings (SSSR count). The van der Waals surface area contributed by atoms with Crippen LogP contribution in [0.4, 0.5) is 0 Å². The van der Waals surface area contributed by atoms with Crippen LogP contribution in [-0.4, -0.2) is 25.7 Å². The summed E-state index contributed by atoms with van der Waals surface area (Å²) in [5.74, 6) is -0.664. The highest BCUT2D eigenvalue weighted by molar-refractivity contribution is 5.74. The predicted octanol–water partition coefficient (Wildman–Crippen LogP) is 2.31. The van der Waals surface area contributed by atoms with Crippen LogP contribution in [0.5, 0.6) is 0 Å². The Morgan fingerprint density at radius 2 is 1.94 bits per heavy atom. The highest BCUT2D eigenvalue weighted by Gasteiger charge is 2.18. The summed E-state index contributed by atoms with van der Waals surface area (Å²) >= 11 is 0. The molecule has 0 saturated heterocycles. The van der Waals surface area contributed by atoms with E-state index in [-0.39, 0.29) is 24.3 Å². The second-order valence-electron chi connectivity index (χ2n) is 3.74. The first-order valence-electron chi connectivity index (χ1n) is 5.89. The molecule has 0 N–H and O–H groups in total. The lowest BCUT2D eigenvalue weighted by Gasteiger charge is -2.11. The molecule has 0 aliphatic carbocycles. The van der Waals surface area contributed by atoms with Gasteiger partial charge in [-0.05, 0) is 19.3 Å². The number of esters is 2. The fourth-order valence-electron chi connectivity index (χ4n) is 1.35. The van der Waals surface area contributed by atoms with Gasteiger partial charge >= 0.3 is 11.9 Å². The zero-order chi connectivity index (χ0) is 12.4. The third-order valence-electron chi connectivity index (χ3n) is 2.49. The average molecular weight is 230 g/mol. The zero-order valence-corrected chi connectivity index (χ0v) is 10.5. The molecule has 0 aromatic rings. The largest absolute Gasteiger partial charge is 0.469 e. The van der Waals surface area contributed by atoms with Gasteiger partial charge in [-0.25, -0.2) is 0 Å². The van der Waals surface area contributed by atoms with Crippen LogP contribution in [0.25, 0.3) is 0 Å². The number of unbranched alkanes of at least 4 members (excludes halogenated alkanes) is 1. The van der Waals surface area contributed by atoms with Crippen LogP contribution >= 0.6 is 0 Å². The molecule has 0 aromatic heterocycles. The molecular formula is C12H22O4. The van der Waals surface area contributed by atoms with Crippen molar-refractivity contribution in [1.82, 2.24) is 0 Å². The summed E-state index contributed by atoms with van der Waals surface area (Å²) in [6, 6.07) is 0. The van der Waals surface area contributed by atoms with E-state index in [1.807, 2.05) is 13.8 Å². The second-order valence-corrected chi connectivity index (χ2v) is 3.74. The summed E-state index contributed by atoms with van der Waals surface area (Å²) in [6.07, 6.45) is 3.38. The monoisotopic (exact) mass is 230 g/mol. The molecule has 0 aliphatic heterocycles. The molecule has 4 heteroatoms. The Morgan fingerprint density at radius 3 is 2.44 bits per heavy atom. The molecule has 4 nitrogen and oxygen atoms in total. The van der Waals surface area contributed by atoms with E-state index in [1.165, 1.54) is 7.11 Å². The number of methoxy groups -OCH3 is 1. The number of hydrogen-bond acceptors (Lipinski definition) is 4. The van der Waals surface area contributed by atoms with Crippen LogP contribution in [0.3, 0.4) is 0 Å². The molecule has 0 fully saturated rings. The third-order valence-corrected chi connectivity index (χ3v) is 2.49. The maximum Gasteiger partial charge on any atom is 0.308 e. The lowest BCUT2D eigenvalue weighted by molar-refractivity contribution is -0.147. The second kappa shape index (κ2) is 9.19. The molecule has 0 amide bonds. The molecule has 1 atom stereocenters. The first kappa shape index (κ1) is 14.9. The van der Waals surface area contributed by atoms with Crippen LogP contribution in [0.1, 0.15) is 46.0 Å². The van der Waals surface area contributed by atoms with E-state index >= 15 is 0 Å². The zero-order valence-electron chi connectivity index (χ0n) is 10.5. The van der Waals surface area contributed by atoms with Gasteiger partial charge in [-0.2, -0.15) is 0 Å². The van der Waals surface area contributed by atoms with Crippen molar-refractivity contribution >= 4 is 11.9 Å².